The Morgan fingerprint density at radius 3 is 2.37 bits per heavy atom. The first-order valence-electron chi connectivity index (χ1n) is 10.6. The summed E-state index contributed by atoms with van der Waals surface area (Å²) in [5, 5.41) is 13.1. The van der Waals surface area contributed by atoms with E-state index in [-0.39, 0.29) is 39.9 Å². The number of nitrogens with zero attached hydrogens (tertiary/aromatic N) is 1. The molecular formula is C27H20N2O6. The highest BCUT2D eigenvalue weighted by Gasteiger charge is 2.32. The zero-order valence-electron chi connectivity index (χ0n) is 18.9. The number of anilines is 1. The predicted molar refractivity (Wildman–Crippen MR) is 131 cm³/mol. The molecule has 0 fully saturated rings. The lowest BCUT2D eigenvalue weighted by atomic mass is 10.1. The maximum Gasteiger partial charge on any atom is 0.221 e. The molecule has 4 rings (SSSR count). The smallest absolute Gasteiger partial charge is 0.221 e. The standard InChI is InChI=1S/C27H20N2O6/c1-15(30)29-17-9-11-19-23(13-17)27(34)21(25(19)32)7-5-3-4-6-20-24(31)18-10-8-16(28-14-35-2)12-22(18)26(20)33/h3-14,34H,1-2H3,(H,29,30). The lowest BCUT2D eigenvalue weighted by Gasteiger charge is -2.04. The molecule has 0 aliphatic heterocycles. The second kappa shape index (κ2) is 9.56. The van der Waals surface area contributed by atoms with E-state index in [0.717, 1.165) is 0 Å². The molecule has 0 saturated heterocycles. The zero-order valence-corrected chi connectivity index (χ0v) is 18.9. The zero-order chi connectivity index (χ0) is 25.1. The van der Waals surface area contributed by atoms with Crippen LogP contribution < -0.4 is 5.32 Å². The highest BCUT2D eigenvalue weighted by molar-refractivity contribution is 6.39. The number of aliphatic hydroxyl groups is 1. The van der Waals surface area contributed by atoms with Gasteiger partial charge in [0.1, 0.15) is 5.76 Å². The van der Waals surface area contributed by atoms with Crippen molar-refractivity contribution >= 4 is 46.8 Å². The van der Waals surface area contributed by atoms with Gasteiger partial charge < -0.3 is 15.2 Å². The van der Waals surface area contributed by atoms with E-state index in [9.17, 15) is 24.3 Å². The van der Waals surface area contributed by atoms with Crippen molar-refractivity contribution in [2.24, 2.45) is 4.99 Å². The molecule has 0 heterocycles. The summed E-state index contributed by atoms with van der Waals surface area (Å²) in [4.78, 5) is 53.2. The number of Topliss-reactive ketones (excluding diaryl/α,β-unsaturated/α-hetero) is 3. The quantitative estimate of drug-likeness (QED) is 0.211. The molecule has 174 valence electrons. The average molecular weight is 468 g/mol. The molecule has 0 bridgehead atoms. The van der Waals surface area contributed by atoms with Crippen LogP contribution in [-0.4, -0.2) is 41.9 Å². The summed E-state index contributed by atoms with van der Waals surface area (Å²) in [7, 11) is 1.45. The minimum Gasteiger partial charge on any atom is -0.507 e. The Balaban J connectivity index is 1.50. The average Bonchev–Trinajstić information content (AvgIpc) is 3.21. The summed E-state index contributed by atoms with van der Waals surface area (Å²) >= 11 is 0. The van der Waals surface area contributed by atoms with Gasteiger partial charge >= 0.3 is 0 Å². The number of carbonyl (C=O) groups is 4. The van der Waals surface area contributed by atoms with Crippen LogP contribution in [-0.2, 0) is 9.53 Å². The van der Waals surface area contributed by atoms with Crippen molar-refractivity contribution in [3.63, 3.8) is 0 Å². The first-order chi connectivity index (χ1) is 16.8. The van der Waals surface area contributed by atoms with Crippen molar-refractivity contribution in [1.29, 1.82) is 0 Å². The number of methoxy groups -OCH3 is 1. The van der Waals surface area contributed by atoms with Crippen LogP contribution in [0, 0.1) is 0 Å². The Morgan fingerprint density at radius 2 is 1.63 bits per heavy atom. The SMILES string of the molecule is COC=Nc1ccc2c(c1)C(=O)C(=CC=CC=CC1=C(O)c3cc(NC(C)=O)ccc3C1=O)C2=O. The van der Waals surface area contributed by atoms with Gasteiger partial charge in [-0.15, -0.1) is 0 Å². The van der Waals surface area contributed by atoms with Crippen LogP contribution in [0.5, 0.6) is 0 Å². The monoisotopic (exact) mass is 468 g/mol. The molecule has 8 heteroatoms. The summed E-state index contributed by atoms with van der Waals surface area (Å²) in [6, 6.07) is 9.37. The second-order valence-corrected chi connectivity index (χ2v) is 7.72. The summed E-state index contributed by atoms with van der Waals surface area (Å²) in [5.74, 6) is -1.58. The number of ketones is 3. The van der Waals surface area contributed by atoms with Crippen LogP contribution in [0.2, 0.25) is 0 Å². The molecule has 8 nitrogen and oxygen atoms in total. The highest BCUT2D eigenvalue weighted by atomic mass is 16.5. The topological polar surface area (TPSA) is 122 Å². The molecule has 2 aromatic carbocycles. The van der Waals surface area contributed by atoms with Crippen LogP contribution in [0.25, 0.3) is 5.76 Å². The van der Waals surface area contributed by atoms with Gasteiger partial charge in [0.25, 0.3) is 0 Å². The number of aliphatic imine (C=N–C) groups is 1. The lowest BCUT2D eigenvalue weighted by molar-refractivity contribution is -0.114. The fraction of sp³-hybridized carbons (Fsp3) is 0.0741. The van der Waals surface area contributed by atoms with E-state index in [1.54, 1.807) is 30.3 Å². The molecule has 0 radical (unpaired) electrons. The first-order valence-corrected chi connectivity index (χ1v) is 10.6. The van der Waals surface area contributed by atoms with Gasteiger partial charge in [-0.1, -0.05) is 18.2 Å². The molecule has 35 heavy (non-hydrogen) atoms. The van der Waals surface area contributed by atoms with E-state index in [1.807, 2.05) is 0 Å². The van der Waals surface area contributed by atoms with Gasteiger partial charge in [-0.05, 0) is 48.6 Å². The van der Waals surface area contributed by atoms with Crippen molar-refractivity contribution in [3.05, 3.63) is 100 Å². The molecule has 0 spiro atoms. The Kier molecular flexibility index (Phi) is 6.37. The number of carbonyl (C=O) groups excluding carboxylic acids is 4. The van der Waals surface area contributed by atoms with Crippen molar-refractivity contribution in [1.82, 2.24) is 0 Å². The molecule has 2 aromatic rings. The van der Waals surface area contributed by atoms with E-state index in [1.165, 1.54) is 56.9 Å². The molecular weight excluding hydrogens is 448 g/mol. The number of aliphatic hydroxyl groups excluding tert-OH is 1. The number of hydrogen-bond acceptors (Lipinski definition) is 7. The van der Waals surface area contributed by atoms with E-state index in [4.69, 9.17) is 4.74 Å². The first kappa shape index (κ1) is 23.3. The van der Waals surface area contributed by atoms with Crippen LogP contribution >= 0.6 is 0 Å². The van der Waals surface area contributed by atoms with Gasteiger partial charge in [0, 0.05) is 34.9 Å². The fourth-order valence-corrected chi connectivity index (χ4v) is 3.80. The molecule has 0 saturated carbocycles. The van der Waals surface area contributed by atoms with E-state index in [2.05, 4.69) is 10.3 Å². The number of amides is 1. The second-order valence-electron chi connectivity index (χ2n) is 7.72. The van der Waals surface area contributed by atoms with Crippen LogP contribution in [0.15, 0.2) is 82.9 Å². The van der Waals surface area contributed by atoms with Gasteiger partial charge in [-0.3, -0.25) is 19.2 Å². The van der Waals surface area contributed by atoms with Crippen LogP contribution in [0.4, 0.5) is 11.4 Å². The summed E-state index contributed by atoms with van der Waals surface area (Å²) < 4.78 is 4.77. The maximum atomic E-state index is 12.7. The largest absolute Gasteiger partial charge is 0.507 e. The fourth-order valence-electron chi connectivity index (χ4n) is 3.80. The summed E-state index contributed by atoms with van der Waals surface area (Å²) in [6.45, 7) is 1.37. The third-order valence-corrected chi connectivity index (χ3v) is 5.38. The summed E-state index contributed by atoms with van der Waals surface area (Å²) in [6.07, 6.45) is 8.66. The van der Waals surface area contributed by atoms with E-state index < -0.39 is 5.78 Å². The highest BCUT2D eigenvalue weighted by Crippen LogP contribution is 2.34. The molecule has 0 aromatic heterocycles. The minimum absolute atomic E-state index is 0.0226. The molecule has 0 atom stereocenters. The van der Waals surface area contributed by atoms with Crippen molar-refractivity contribution in [2.45, 2.75) is 6.92 Å². The number of rotatable bonds is 6. The van der Waals surface area contributed by atoms with Crippen molar-refractivity contribution < 1.29 is 29.0 Å². The Bertz CT molecular complexity index is 1440. The number of fused-ring (bicyclic) bond motifs is 2. The maximum absolute atomic E-state index is 12.7. The molecule has 1 amide bonds. The number of nitrogens with one attached hydrogen (secondary N) is 1. The van der Waals surface area contributed by atoms with Crippen molar-refractivity contribution in [2.75, 3.05) is 12.4 Å². The molecule has 0 unspecified atom stereocenters. The van der Waals surface area contributed by atoms with Crippen molar-refractivity contribution in [3.8, 4) is 0 Å². The van der Waals surface area contributed by atoms with Gasteiger partial charge in [0.2, 0.25) is 5.91 Å². The van der Waals surface area contributed by atoms with Gasteiger partial charge in [-0.25, -0.2) is 4.99 Å². The van der Waals surface area contributed by atoms with E-state index >= 15 is 0 Å². The van der Waals surface area contributed by atoms with Gasteiger partial charge in [0.15, 0.2) is 23.8 Å². The Morgan fingerprint density at radius 1 is 0.914 bits per heavy atom. The third kappa shape index (κ3) is 4.49. The summed E-state index contributed by atoms with van der Waals surface area (Å²) in [5.41, 5.74) is 2.33. The predicted octanol–water partition coefficient (Wildman–Crippen LogP) is 4.53. The number of ether oxygens (including phenoxy) is 1. The van der Waals surface area contributed by atoms with Gasteiger partial charge in [-0.2, -0.15) is 0 Å². The van der Waals surface area contributed by atoms with Crippen LogP contribution in [0.1, 0.15) is 43.6 Å². The van der Waals surface area contributed by atoms with Crippen LogP contribution in [0.3, 0.4) is 0 Å². The van der Waals surface area contributed by atoms with E-state index in [0.29, 0.717) is 28.1 Å². The number of benzene rings is 2. The Labute approximate surface area is 200 Å². The normalized spacial score (nSPS) is 16.3. The molecule has 2 aliphatic rings. The lowest BCUT2D eigenvalue weighted by Crippen LogP contribution is -2.06. The number of hydrogen-bond donors (Lipinski definition) is 2. The third-order valence-electron chi connectivity index (χ3n) is 5.38. The van der Waals surface area contributed by atoms with Gasteiger partial charge in [0.05, 0.1) is 23.9 Å². The molecule has 2 aliphatic carbocycles. The molecule has 2 N–H and O–H groups in total. The number of allylic oxidation sites excluding steroid dienone is 7. The minimum atomic E-state index is -0.398. The Hall–Kier alpha value is -4.85.